The molecular formula is C15H12N2O2S. The number of carbonyl (C=O) groups excluding carboxylic acids is 1. The number of anilines is 1. The Hall–Kier alpha value is -2.40. The maximum Gasteiger partial charge on any atom is 0.249 e. The maximum absolute atomic E-state index is 12.5. The summed E-state index contributed by atoms with van der Waals surface area (Å²) in [4.78, 5) is 27.8. The van der Waals surface area contributed by atoms with Crippen LogP contribution in [0.1, 0.15) is 20.8 Å². The topological polar surface area (TPSA) is 76.0 Å². The van der Waals surface area contributed by atoms with Gasteiger partial charge < -0.3 is 10.7 Å². The minimum atomic E-state index is -0.185. The van der Waals surface area contributed by atoms with Crippen LogP contribution in [0.5, 0.6) is 0 Å². The lowest BCUT2D eigenvalue weighted by Gasteiger charge is -2.00. The molecular weight excluding hydrogens is 272 g/mol. The van der Waals surface area contributed by atoms with Gasteiger partial charge in [-0.25, -0.2) is 0 Å². The highest BCUT2D eigenvalue weighted by molar-refractivity contribution is 7.21. The Morgan fingerprint density at radius 1 is 1.25 bits per heavy atom. The molecule has 0 saturated heterocycles. The molecule has 0 aliphatic rings. The number of aromatic amines is 1. The van der Waals surface area contributed by atoms with Crippen LogP contribution in [0.15, 0.2) is 41.2 Å². The summed E-state index contributed by atoms with van der Waals surface area (Å²) in [6.07, 6.45) is 0. The van der Waals surface area contributed by atoms with Gasteiger partial charge in [0.15, 0.2) is 0 Å². The molecule has 1 aromatic carbocycles. The largest absolute Gasteiger partial charge is 0.397 e. The molecule has 0 aliphatic carbocycles. The summed E-state index contributed by atoms with van der Waals surface area (Å²) in [5.41, 5.74) is 7.72. The van der Waals surface area contributed by atoms with Crippen molar-refractivity contribution in [3.63, 3.8) is 0 Å². The van der Waals surface area contributed by atoms with E-state index in [1.54, 1.807) is 12.1 Å². The van der Waals surface area contributed by atoms with E-state index in [-0.39, 0.29) is 11.3 Å². The lowest BCUT2D eigenvalue weighted by atomic mass is 10.1. The van der Waals surface area contributed by atoms with Gasteiger partial charge in [0.25, 0.3) is 0 Å². The summed E-state index contributed by atoms with van der Waals surface area (Å²) in [5.74, 6) is -0.121. The first-order chi connectivity index (χ1) is 9.58. The Bertz CT molecular complexity index is 863. The zero-order valence-corrected chi connectivity index (χ0v) is 11.6. The van der Waals surface area contributed by atoms with Gasteiger partial charge in [-0.3, -0.25) is 9.59 Å². The van der Waals surface area contributed by atoms with Crippen molar-refractivity contribution in [1.29, 1.82) is 0 Å². The van der Waals surface area contributed by atoms with Crippen LogP contribution in [0.4, 0.5) is 5.69 Å². The first-order valence-electron chi connectivity index (χ1n) is 6.09. The van der Waals surface area contributed by atoms with Crippen LogP contribution >= 0.6 is 11.3 Å². The number of nitrogen functional groups attached to an aromatic ring is 1. The van der Waals surface area contributed by atoms with Crippen LogP contribution in [-0.2, 0) is 0 Å². The quantitative estimate of drug-likeness (QED) is 0.710. The van der Waals surface area contributed by atoms with Crippen molar-refractivity contribution in [3.05, 3.63) is 62.8 Å². The Balaban J connectivity index is 2.23. The molecule has 0 unspecified atom stereocenters. The van der Waals surface area contributed by atoms with Gasteiger partial charge in [0.05, 0.1) is 5.69 Å². The first-order valence-corrected chi connectivity index (χ1v) is 6.91. The van der Waals surface area contributed by atoms with E-state index in [0.29, 0.717) is 21.0 Å². The fraction of sp³-hybridized carbons (Fsp3) is 0.0667. The number of fused-ring (bicyclic) bond motifs is 1. The van der Waals surface area contributed by atoms with E-state index in [1.165, 1.54) is 17.4 Å². The van der Waals surface area contributed by atoms with Crippen molar-refractivity contribution in [3.8, 4) is 0 Å². The zero-order chi connectivity index (χ0) is 14.3. The highest BCUT2D eigenvalue weighted by Gasteiger charge is 2.19. The number of H-pyrrole nitrogens is 1. The standard InChI is InChI=1S/C15H12N2O2S/c1-8-7-10(18)17-15-11(8)12(16)14(20-15)13(19)9-5-3-2-4-6-9/h2-7H,16H2,1H3,(H,17,18). The molecule has 3 N–H and O–H groups in total. The number of nitrogens with one attached hydrogen (secondary N) is 1. The number of hydrogen-bond acceptors (Lipinski definition) is 4. The monoisotopic (exact) mass is 284 g/mol. The van der Waals surface area contributed by atoms with E-state index in [2.05, 4.69) is 4.98 Å². The molecule has 100 valence electrons. The van der Waals surface area contributed by atoms with Gasteiger partial charge >= 0.3 is 0 Å². The van der Waals surface area contributed by atoms with Crippen LogP contribution < -0.4 is 11.3 Å². The number of aromatic nitrogens is 1. The fourth-order valence-corrected chi connectivity index (χ4v) is 3.38. The molecule has 3 aromatic rings. The SMILES string of the molecule is Cc1cc(=O)[nH]c2sc(C(=O)c3ccccc3)c(N)c12. The normalized spacial score (nSPS) is 10.8. The average Bonchev–Trinajstić information content (AvgIpc) is 2.76. The van der Waals surface area contributed by atoms with Gasteiger partial charge in [0, 0.05) is 17.0 Å². The van der Waals surface area contributed by atoms with Gasteiger partial charge in [0.2, 0.25) is 11.3 Å². The van der Waals surface area contributed by atoms with E-state index in [1.807, 2.05) is 25.1 Å². The van der Waals surface area contributed by atoms with Crippen molar-refractivity contribution in [2.75, 3.05) is 5.73 Å². The molecule has 2 heterocycles. The molecule has 3 rings (SSSR count). The number of pyridine rings is 1. The molecule has 0 fully saturated rings. The zero-order valence-electron chi connectivity index (χ0n) is 10.8. The molecule has 0 spiro atoms. The third kappa shape index (κ3) is 1.92. The molecule has 5 heteroatoms. The van der Waals surface area contributed by atoms with Gasteiger partial charge in [-0.05, 0) is 12.5 Å². The third-order valence-electron chi connectivity index (χ3n) is 3.17. The average molecular weight is 284 g/mol. The number of ketones is 1. The summed E-state index contributed by atoms with van der Waals surface area (Å²) >= 11 is 1.23. The third-order valence-corrected chi connectivity index (χ3v) is 4.29. The second-order valence-corrected chi connectivity index (χ2v) is 5.58. The minimum Gasteiger partial charge on any atom is -0.397 e. The summed E-state index contributed by atoms with van der Waals surface area (Å²) in [6, 6.07) is 10.5. The lowest BCUT2D eigenvalue weighted by Crippen LogP contribution is -2.04. The Labute approximate surface area is 118 Å². The van der Waals surface area contributed by atoms with E-state index in [4.69, 9.17) is 5.73 Å². The van der Waals surface area contributed by atoms with Crippen molar-refractivity contribution >= 4 is 33.0 Å². The number of nitrogens with two attached hydrogens (primary N) is 1. The highest BCUT2D eigenvalue weighted by Crippen LogP contribution is 2.34. The molecule has 20 heavy (non-hydrogen) atoms. The number of benzene rings is 1. The minimum absolute atomic E-state index is 0.121. The summed E-state index contributed by atoms with van der Waals surface area (Å²) < 4.78 is 0. The Morgan fingerprint density at radius 2 is 1.95 bits per heavy atom. The van der Waals surface area contributed by atoms with Crippen LogP contribution in [0.25, 0.3) is 10.2 Å². The van der Waals surface area contributed by atoms with Crippen molar-refractivity contribution in [2.45, 2.75) is 6.92 Å². The van der Waals surface area contributed by atoms with E-state index in [0.717, 1.165) is 10.9 Å². The number of rotatable bonds is 2. The summed E-state index contributed by atoms with van der Waals surface area (Å²) in [5, 5.41) is 0.758. The van der Waals surface area contributed by atoms with E-state index >= 15 is 0 Å². The van der Waals surface area contributed by atoms with Crippen LogP contribution in [-0.4, -0.2) is 10.8 Å². The Kier molecular flexibility index (Phi) is 2.91. The van der Waals surface area contributed by atoms with Crippen molar-refractivity contribution < 1.29 is 4.79 Å². The smallest absolute Gasteiger partial charge is 0.249 e. The van der Waals surface area contributed by atoms with E-state index < -0.39 is 0 Å². The number of thiophene rings is 1. The van der Waals surface area contributed by atoms with Gasteiger partial charge in [-0.15, -0.1) is 11.3 Å². The van der Waals surface area contributed by atoms with Gasteiger partial charge in [-0.1, -0.05) is 30.3 Å². The van der Waals surface area contributed by atoms with Gasteiger partial charge in [-0.2, -0.15) is 0 Å². The van der Waals surface area contributed by atoms with Crippen molar-refractivity contribution in [2.24, 2.45) is 0 Å². The Morgan fingerprint density at radius 3 is 2.65 bits per heavy atom. The second-order valence-electron chi connectivity index (χ2n) is 4.56. The molecule has 0 atom stereocenters. The molecule has 0 aliphatic heterocycles. The number of carbonyl (C=O) groups is 1. The highest BCUT2D eigenvalue weighted by atomic mass is 32.1. The van der Waals surface area contributed by atoms with Crippen molar-refractivity contribution in [1.82, 2.24) is 4.98 Å². The predicted octanol–water partition coefficient (Wildman–Crippen LogP) is 2.71. The van der Waals surface area contributed by atoms with Crippen LogP contribution in [0.2, 0.25) is 0 Å². The maximum atomic E-state index is 12.5. The lowest BCUT2D eigenvalue weighted by molar-refractivity contribution is 0.104. The molecule has 0 radical (unpaired) electrons. The molecule has 0 amide bonds. The molecule has 0 saturated carbocycles. The number of aryl methyl sites for hydroxylation is 1. The molecule has 0 bridgehead atoms. The molecule has 2 aromatic heterocycles. The fourth-order valence-electron chi connectivity index (χ4n) is 2.23. The molecule has 4 nitrogen and oxygen atoms in total. The predicted molar refractivity (Wildman–Crippen MR) is 81.5 cm³/mol. The van der Waals surface area contributed by atoms with Crippen LogP contribution in [0, 0.1) is 6.92 Å². The van der Waals surface area contributed by atoms with E-state index in [9.17, 15) is 9.59 Å². The van der Waals surface area contributed by atoms with Crippen LogP contribution in [0.3, 0.4) is 0 Å². The summed E-state index contributed by atoms with van der Waals surface area (Å²) in [6.45, 7) is 1.82. The first kappa shape index (κ1) is 12.6. The second kappa shape index (κ2) is 4.61. The van der Waals surface area contributed by atoms with Gasteiger partial charge in [0.1, 0.15) is 9.71 Å². The summed E-state index contributed by atoms with van der Waals surface area (Å²) in [7, 11) is 0. The number of hydrogen-bond donors (Lipinski definition) is 2.